The number of benzene rings is 2. The summed E-state index contributed by atoms with van der Waals surface area (Å²) >= 11 is 0. The number of ketones is 1. The fraction of sp³-hybridized carbons (Fsp3) is 0.316. The van der Waals surface area contributed by atoms with E-state index >= 15 is 0 Å². The van der Waals surface area contributed by atoms with E-state index in [1.807, 2.05) is 24.3 Å². The maximum atomic E-state index is 11.3. The lowest BCUT2D eigenvalue weighted by molar-refractivity contribution is 0.101. The van der Waals surface area contributed by atoms with Crippen LogP contribution >= 0.6 is 0 Å². The fourth-order valence-corrected chi connectivity index (χ4v) is 2.28. The van der Waals surface area contributed by atoms with Crippen LogP contribution in [0.25, 0.3) is 11.1 Å². The van der Waals surface area contributed by atoms with Crippen molar-refractivity contribution in [2.75, 3.05) is 0 Å². The molecule has 0 saturated heterocycles. The highest BCUT2D eigenvalue weighted by Crippen LogP contribution is 2.22. The highest BCUT2D eigenvalue weighted by atomic mass is 16.1. The fourth-order valence-electron chi connectivity index (χ4n) is 2.28. The number of hydrogen-bond acceptors (Lipinski definition) is 1. The summed E-state index contributed by atoms with van der Waals surface area (Å²) in [5, 5.41) is 0. The Kier molecular flexibility index (Phi) is 4.73. The summed E-state index contributed by atoms with van der Waals surface area (Å²) in [6.07, 6.45) is 2.36. The van der Waals surface area contributed by atoms with Crippen molar-refractivity contribution in [2.45, 2.75) is 33.6 Å². The SMILES string of the molecule is CC[C@H](C)Cc1ccc(-c2ccc(C(C)=O)cc2)cc1. The Bertz CT molecular complexity index is 564. The van der Waals surface area contributed by atoms with E-state index in [1.165, 1.54) is 17.5 Å². The maximum Gasteiger partial charge on any atom is 0.159 e. The third-order valence-electron chi connectivity index (χ3n) is 3.86. The van der Waals surface area contributed by atoms with Crippen LogP contribution in [0.2, 0.25) is 0 Å². The first-order valence-corrected chi connectivity index (χ1v) is 7.30. The highest BCUT2D eigenvalue weighted by Gasteiger charge is 2.03. The molecule has 0 radical (unpaired) electrons. The lowest BCUT2D eigenvalue weighted by atomic mass is 9.96. The molecule has 0 aliphatic rings. The Morgan fingerprint density at radius 3 is 1.90 bits per heavy atom. The van der Waals surface area contributed by atoms with Gasteiger partial charge in [-0.3, -0.25) is 4.79 Å². The zero-order chi connectivity index (χ0) is 14.5. The van der Waals surface area contributed by atoms with Gasteiger partial charge in [-0.2, -0.15) is 0 Å². The van der Waals surface area contributed by atoms with Gasteiger partial charge in [-0.15, -0.1) is 0 Å². The maximum absolute atomic E-state index is 11.3. The Balaban J connectivity index is 2.15. The van der Waals surface area contributed by atoms with Gasteiger partial charge in [0.2, 0.25) is 0 Å². The quantitative estimate of drug-likeness (QED) is 0.684. The van der Waals surface area contributed by atoms with Crippen molar-refractivity contribution < 1.29 is 4.79 Å². The topological polar surface area (TPSA) is 17.1 Å². The van der Waals surface area contributed by atoms with Crippen LogP contribution in [0.3, 0.4) is 0 Å². The van der Waals surface area contributed by atoms with Crippen LogP contribution in [-0.4, -0.2) is 5.78 Å². The van der Waals surface area contributed by atoms with Crippen molar-refractivity contribution in [2.24, 2.45) is 5.92 Å². The molecule has 2 aromatic rings. The standard InChI is InChI=1S/C19H22O/c1-4-14(2)13-16-5-7-18(8-6-16)19-11-9-17(10-12-19)15(3)20/h5-12,14H,4,13H2,1-3H3/t14-/m0/s1. The number of carbonyl (C=O) groups excluding carboxylic acids is 1. The summed E-state index contributed by atoms with van der Waals surface area (Å²) < 4.78 is 0. The summed E-state index contributed by atoms with van der Waals surface area (Å²) in [5.41, 5.74) is 4.52. The molecule has 1 atom stereocenters. The predicted octanol–water partition coefficient (Wildman–Crippen LogP) is 5.14. The molecule has 2 aromatic carbocycles. The van der Waals surface area contributed by atoms with E-state index < -0.39 is 0 Å². The van der Waals surface area contributed by atoms with Crippen molar-refractivity contribution in [3.63, 3.8) is 0 Å². The highest BCUT2D eigenvalue weighted by molar-refractivity contribution is 5.94. The molecular formula is C19H22O. The van der Waals surface area contributed by atoms with Gasteiger partial charge < -0.3 is 0 Å². The minimum Gasteiger partial charge on any atom is -0.295 e. The molecule has 1 nitrogen and oxygen atoms in total. The van der Waals surface area contributed by atoms with E-state index in [0.29, 0.717) is 0 Å². The molecule has 0 saturated carbocycles. The molecular weight excluding hydrogens is 244 g/mol. The molecule has 1 heteroatoms. The lowest BCUT2D eigenvalue weighted by Crippen LogP contribution is -1.97. The zero-order valence-corrected chi connectivity index (χ0v) is 12.5. The van der Waals surface area contributed by atoms with E-state index in [2.05, 4.69) is 38.1 Å². The van der Waals surface area contributed by atoms with Crippen molar-refractivity contribution in [1.82, 2.24) is 0 Å². The van der Waals surface area contributed by atoms with E-state index in [0.717, 1.165) is 23.5 Å². The van der Waals surface area contributed by atoms with Gasteiger partial charge in [0, 0.05) is 5.56 Å². The number of carbonyl (C=O) groups is 1. The van der Waals surface area contributed by atoms with Crippen LogP contribution in [0.4, 0.5) is 0 Å². The van der Waals surface area contributed by atoms with Crippen molar-refractivity contribution in [3.8, 4) is 11.1 Å². The Labute approximate surface area is 121 Å². The summed E-state index contributed by atoms with van der Waals surface area (Å²) in [6.45, 7) is 6.11. The summed E-state index contributed by atoms with van der Waals surface area (Å²) in [5.74, 6) is 0.844. The van der Waals surface area contributed by atoms with Gasteiger partial charge in [0.15, 0.2) is 5.78 Å². The Morgan fingerprint density at radius 1 is 0.950 bits per heavy atom. The average Bonchev–Trinajstić information content (AvgIpc) is 2.48. The van der Waals surface area contributed by atoms with Gasteiger partial charge in [-0.25, -0.2) is 0 Å². The second-order valence-corrected chi connectivity index (χ2v) is 5.55. The van der Waals surface area contributed by atoms with Gasteiger partial charge in [0.1, 0.15) is 0 Å². The van der Waals surface area contributed by atoms with Crippen molar-refractivity contribution >= 4 is 5.78 Å². The molecule has 0 heterocycles. The third kappa shape index (κ3) is 3.57. The minimum absolute atomic E-state index is 0.112. The van der Waals surface area contributed by atoms with Crippen LogP contribution in [0.15, 0.2) is 48.5 Å². The van der Waals surface area contributed by atoms with Crippen molar-refractivity contribution in [3.05, 3.63) is 59.7 Å². The number of rotatable bonds is 5. The van der Waals surface area contributed by atoms with Crippen LogP contribution in [0.5, 0.6) is 0 Å². The molecule has 20 heavy (non-hydrogen) atoms. The van der Waals surface area contributed by atoms with Crippen LogP contribution < -0.4 is 0 Å². The van der Waals surface area contributed by atoms with Crippen LogP contribution in [0, 0.1) is 5.92 Å². The van der Waals surface area contributed by atoms with E-state index in [4.69, 9.17) is 0 Å². The van der Waals surface area contributed by atoms with Gasteiger partial charge in [-0.05, 0) is 36.0 Å². The zero-order valence-electron chi connectivity index (χ0n) is 12.5. The van der Waals surface area contributed by atoms with Crippen LogP contribution in [-0.2, 0) is 6.42 Å². The van der Waals surface area contributed by atoms with Gasteiger partial charge >= 0.3 is 0 Å². The van der Waals surface area contributed by atoms with E-state index in [1.54, 1.807) is 6.92 Å². The molecule has 0 unspecified atom stereocenters. The van der Waals surface area contributed by atoms with E-state index in [-0.39, 0.29) is 5.78 Å². The third-order valence-corrected chi connectivity index (χ3v) is 3.86. The first-order chi connectivity index (χ1) is 9.60. The predicted molar refractivity (Wildman–Crippen MR) is 85.0 cm³/mol. The monoisotopic (exact) mass is 266 g/mol. The molecule has 0 N–H and O–H groups in total. The molecule has 2 rings (SSSR count). The molecule has 0 fully saturated rings. The summed E-state index contributed by atoms with van der Waals surface area (Å²) in [6, 6.07) is 16.6. The lowest BCUT2D eigenvalue weighted by Gasteiger charge is -2.09. The van der Waals surface area contributed by atoms with E-state index in [9.17, 15) is 4.79 Å². The van der Waals surface area contributed by atoms with Crippen molar-refractivity contribution in [1.29, 1.82) is 0 Å². The normalized spacial score (nSPS) is 12.2. The van der Waals surface area contributed by atoms with Gasteiger partial charge in [-0.1, -0.05) is 68.8 Å². The molecule has 0 spiro atoms. The summed E-state index contributed by atoms with van der Waals surface area (Å²) in [7, 11) is 0. The minimum atomic E-state index is 0.112. The smallest absolute Gasteiger partial charge is 0.159 e. The summed E-state index contributed by atoms with van der Waals surface area (Å²) in [4.78, 5) is 11.3. The first-order valence-electron chi connectivity index (χ1n) is 7.30. The first kappa shape index (κ1) is 14.5. The Morgan fingerprint density at radius 2 is 1.45 bits per heavy atom. The number of Topliss-reactive ketones (excluding diaryl/α,β-unsaturated/α-hetero) is 1. The largest absolute Gasteiger partial charge is 0.295 e. The molecule has 0 aliphatic heterocycles. The Hall–Kier alpha value is -1.89. The molecule has 0 amide bonds. The second kappa shape index (κ2) is 6.51. The molecule has 0 aromatic heterocycles. The van der Waals surface area contributed by atoms with Crippen LogP contribution in [0.1, 0.15) is 43.1 Å². The average molecular weight is 266 g/mol. The van der Waals surface area contributed by atoms with Gasteiger partial charge in [0.25, 0.3) is 0 Å². The van der Waals surface area contributed by atoms with Gasteiger partial charge in [0.05, 0.1) is 0 Å². The molecule has 0 bridgehead atoms. The molecule has 0 aliphatic carbocycles. The molecule has 104 valence electrons. The number of hydrogen-bond donors (Lipinski definition) is 0. The second-order valence-electron chi connectivity index (χ2n) is 5.55.